The zero-order valence-electron chi connectivity index (χ0n) is 13.9. The standard InChI is InChI=1S/C17H21F2N3O2/c1-11-8-15(16(23)21-10-17(18,19)9-20)12(2)22(11)13-4-6-14(24-3)7-5-13/h4-8H,9-10,20H2,1-3H3,(H,21,23). The quantitative estimate of drug-likeness (QED) is 0.850. The number of amides is 1. The van der Waals surface area contributed by atoms with Gasteiger partial charge in [0.1, 0.15) is 5.75 Å². The predicted octanol–water partition coefficient (Wildman–Crippen LogP) is 2.43. The van der Waals surface area contributed by atoms with E-state index < -0.39 is 24.9 Å². The van der Waals surface area contributed by atoms with Crippen molar-refractivity contribution in [1.82, 2.24) is 9.88 Å². The SMILES string of the molecule is COc1ccc(-n2c(C)cc(C(=O)NCC(F)(F)CN)c2C)cc1. The van der Waals surface area contributed by atoms with Gasteiger partial charge in [0, 0.05) is 17.1 Å². The molecular weight excluding hydrogens is 316 g/mol. The number of hydrogen-bond donors (Lipinski definition) is 2. The molecular formula is C17H21F2N3O2. The highest BCUT2D eigenvalue weighted by atomic mass is 19.3. The number of benzene rings is 1. The molecule has 1 aromatic carbocycles. The maximum atomic E-state index is 13.2. The number of rotatable bonds is 6. The van der Waals surface area contributed by atoms with Crippen molar-refractivity contribution < 1.29 is 18.3 Å². The number of carbonyl (C=O) groups is 1. The largest absolute Gasteiger partial charge is 0.497 e. The van der Waals surface area contributed by atoms with E-state index in [0.717, 1.165) is 17.1 Å². The molecule has 1 amide bonds. The summed E-state index contributed by atoms with van der Waals surface area (Å²) >= 11 is 0. The van der Waals surface area contributed by atoms with Gasteiger partial charge in [-0.1, -0.05) is 0 Å². The van der Waals surface area contributed by atoms with Gasteiger partial charge in [0.2, 0.25) is 0 Å². The van der Waals surface area contributed by atoms with Crippen molar-refractivity contribution in [2.75, 3.05) is 20.2 Å². The molecule has 0 saturated carbocycles. The molecule has 5 nitrogen and oxygen atoms in total. The third-order valence-electron chi connectivity index (χ3n) is 3.81. The smallest absolute Gasteiger partial charge is 0.277 e. The second-order valence-corrected chi connectivity index (χ2v) is 5.56. The van der Waals surface area contributed by atoms with Gasteiger partial charge in [-0.25, -0.2) is 8.78 Å². The highest BCUT2D eigenvalue weighted by Crippen LogP contribution is 2.23. The maximum absolute atomic E-state index is 13.2. The molecule has 7 heteroatoms. The molecule has 0 bridgehead atoms. The van der Waals surface area contributed by atoms with Crippen molar-refractivity contribution in [2.45, 2.75) is 19.8 Å². The minimum absolute atomic E-state index is 0.358. The third kappa shape index (κ3) is 3.73. The zero-order chi connectivity index (χ0) is 17.9. The van der Waals surface area contributed by atoms with Gasteiger partial charge in [0.05, 0.1) is 25.8 Å². The van der Waals surface area contributed by atoms with E-state index in [1.165, 1.54) is 0 Å². The van der Waals surface area contributed by atoms with Gasteiger partial charge in [-0.05, 0) is 44.2 Å². The van der Waals surface area contributed by atoms with Gasteiger partial charge < -0.3 is 20.4 Å². The second-order valence-electron chi connectivity index (χ2n) is 5.56. The molecule has 130 valence electrons. The topological polar surface area (TPSA) is 69.3 Å². The van der Waals surface area contributed by atoms with Gasteiger partial charge in [-0.3, -0.25) is 4.79 Å². The van der Waals surface area contributed by atoms with E-state index in [4.69, 9.17) is 10.5 Å². The van der Waals surface area contributed by atoms with Crippen LogP contribution < -0.4 is 15.8 Å². The molecule has 0 fully saturated rings. The Morgan fingerprint density at radius 2 is 1.92 bits per heavy atom. The average molecular weight is 337 g/mol. The van der Waals surface area contributed by atoms with Crippen LogP contribution in [-0.4, -0.2) is 36.6 Å². The molecule has 0 spiro atoms. The van der Waals surface area contributed by atoms with Gasteiger partial charge in [-0.15, -0.1) is 0 Å². The Morgan fingerprint density at radius 1 is 1.29 bits per heavy atom. The summed E-state index contributed by atoms with van der Waals surface area (Å²) in [6, 6.07) is 9.03. The number of carbonyl (C=O) groups excluding carboxylic acids is 1. The summed E-state index contributed by atoms with van der Waals surface area (Å²) in [5, 5.41) is 2.24. The summed E-state index contributed by atoms with van der Waals surface area (Å²) in [6.45, 7) is 2.03. The number of aryl methyl sites for hydroxylation is 1. The molecule has 1 aromatic heterocycles. The number of methoxy groups -OCH3 is 1. The lowest BCUT2D eigenvalue weighted by atomic mass is 10.2. The molecule has 0 unspecified atom stereocenters. The number of halogens is 2. The molecule has 0 radical (unpaired) electrons. The lowest BCUT2D eigenvalue weighted by Gasteiger charge is -2.14. The van der Waals surface area contributed by atoms with Crippen LogP contribution in [0.4, 0.5) is 8.78 Å². The first kappa shape index (κ1) is 17.9. The number of nitrogens with two attached hydrogens (primary N) is 1. The van der Waals surface area contributed by atoms with Gasteiger partial charge in [0.25, 0.3) is 11.8 Å². The average Bonchev–Trinajstić information content (AvgIpc) is 2.87. The van der Waals surface area contributed by atoms with Crippen LogP contribution in [0.3, 0.4) is 0 Å². The van der Waals surface area contributed by atoms with Crippen LogP contribution >= 0.6 is 0 Å². The van der Waals surface area contributed by atoms with E-state index in [0.29, 0.717) is 11.3 Å². The van der Waals surface area contributed by atoms with Gasteiger partial charge in [0.15, 0.2) is 0 Å². The van der Waals surface area contributed by atoms with E-state index in [9.17, 15) is 13.6 Å². The van der Waals surface area contributed by atoms with Crippen molar-refractivity contribution in [3.05, 3.63) is 47.3 Å². The van der Waals surface area contributed by atoms with Crippen molar-refractivity contribution in [2.24, 2.45) is 5.73 Å². The molecule has 0 saturated heterocycles. The van der Waals surface area contributed by atoms with Crippen LogP contribution in [-0.2, 0) is 0 Å². The molecule has 0 aliphatic rings. The van der Waals surface area contributed by atoms with E-state index in [1.807, 2.05) is 35.8 Å². The van der Waals surface area contributed by atoms with Crippen molar-refractivity contribution in [1.29, 1.82) is 0 Å². The van der Waals surface area contributed by atoms with Crippen LogP contribution in [0.1, 0.15) is 21.7 Å². The molecule has 0 atom stereocenters. The fourth-order valence-corrected chi connectivity index (χ4v) is 2.50. The summed E-state index contributed by atoms with van der Waals surface area (Å²) in [7, 11) is 1.58. The Morgan fingerprint density at radius 3 is 2.46 bits per heavy atom. The van der Waals surface area contributed by atoms with Crippen LogP contribution in [0.5, 0.6) is 5.75 Å². The monoisotopic (exact) mass is 337 g/mol. The number of alkyl halides is 2. The molecule has 0 aliphatic carbocycles. The number of nitrogens with zero attached hydrogens (tertiary/aromatic N) is 1. The lowest BCUT2D eigenvalue weighted by molar-refractivity contribution is 0.0118. The predicted molar refractivity (Wildman–Crippen MR) is 88.1 cm³/mol. The van der Waals surface area contributed by atoms with Crippen molar-refractivity contribution in [3.8, 4) is 11.4 Å². The fourth-order valence-electron chi connectivity index (χ4n) is 2.50. The first-order chi connectivity index (χ1) is 11.3. The summed E-state index contributed by atoms with van der Waals surface area (Å²) in [4.78, 5) is 12.2. The normalized spacial score (nSPS) is 11.4. The highest BCUT2D eigenvalue weighted by Gasteiger charge is 2.28. The molecule has 0 aliphatic heterocycles. The number of ether oxygens (including phenoxy) is 1. The first-order valence-corrected chi connectivity index (χ1v) is 7.48. The minimum Gasteiger partial charge on any atom is -0.497 e. The van der Waals surface area contributed by atoms with E-state index in [2.05, 4.69) is 5.32 Å². The van der Waals surface area contributed by atoms with Crippen molar-refractivity contribution in [3.63, 3.8) is 0 Å². The maximum Gasteiger partial charge on any atom is 0.277 e. The zero-order valence-corrected chi connectivity index (χ0v) is 13.9. The highest BCUT2D eigenvalue weighted by molar-refractivity contribution is 5.96. The number of hydrogen-bond acceptors (Lipinski definition) is 3. The van der Waals surface area contributed by atoms with Crippen molar-refractivity contribution >= 4 is 5.91 Å². The molecule has 1 heterocycles. The Bertz CT molecular complexity index is 724. The van der Waals surface area contributed by atoms with E-state index >= 15 is 0 Å². The van der Waals surface area contributed by atoms with Crippen LogP contribution in [0, 0.1) is 13.8 Å². The summed E-state index contributed by atoms with van der Waals surface area (Å²) < 4.78 is 33.4. The third-order valence-corrected chi connectivity index (χ3v) is 3.81. The van der Waals surface area contributed by atoms with E-state index in [-0.39, 0.29) is 0 Å². The molecule has 24 heavy (non-hydrogen) atoms. The Labute approximate surface area is 139 Å². The van der Waals surface area contributed by atoms with Crippen LogP contribution in [0.15, 0.2) is 30.3 Å². The van der Waals surface area contributed by atoms with E-state index in [1.54, 1.807) is 20.1 Å². The van der Waals surface area contributed by atoms with Crippen LogP contribution in [0.25, 0.3) is 5.69 Å². The fraction of sp³-hybridized carbons (Fsp3) is 0.353. The number of aromatic nitrogens is 1. The minimum atomic E-state index is -3.11. The Kier molecular flexibility index (Phi) is 5.23. The summed E-state index contributed by atoms with van der Waals surface area (Å²) in [5.41, 5.74) is 7.69. The molecule has 3 N–H and O–H groups in total. The Balaban J connectivity index is 2.26. The lowest BCUT2D eigenvalue weighted by Crippen LogP contribution is -2.41. The second kappa shape index (κ2) is 7.00. The molecule has 2 aromatic rings. The number of nitrogens with one attached hydrogen (secondary N) is 1. The summed E-state index contributed by atoms with van der Waals surface area (Å²) in [6.07, 6.45) is 0. The van der Waals surface area contributed by atoms with Crippen LogP contribution in [0.2, 0.25) is 0 Å². The Hall–Kier alpha value is -2.41. The summed E-state index contributed by atoms with van der Waals surface area (Å²) in [5.74, 6) is -2.93. The molecule has 2 rings (SSSR count). The first-order valence-electron chi connectivity index (χ1n) is 7.48. The van der Waals surface area contributed by atoms with Gasteiger partial charge in [-0.2, -0.15) is 0 Å². The van der Waals surface area contributed by atoms with Gasteiger partial charge >= 0.3 is 0 Å².